The Bertz CT molecular complexity index is 449. The Morgan fingerprint density at radius 3 is 2.93 bits per heavy atom. The lowest BCUT2D eigenvalue weighted by atomic mass is 10.3. The summed E-state index contributed by atoms with van der Waals surface area (Å²) >= 11 is 9.06. The Kier molecular flexibility index (Phi) is 2.65. The monoisotopic (exact) mass is 274 g/mol. The molecule has 2 rings (SSSR count). The highest BCUT2D eigenvalue weighted by molar-refractivity contribution is 9.10. The lowest BCUT2D eigenvalue weighted by Crippen LogP contribution is -1.96. The molecule has 0 amide bonds. The van der Waals surface area contributed by atoms with Crippen LogP contribution in [0.5, 0.6) is 0 Å². The molecule has 0 aromatic carbocycles. The van der Waals surface area contributed by atoms with Crippen molar-refractivity contribution in [2.75, 3.05) is 0 Å². The van der Waals surface area contributed by atoms with E-state index in [9.17, 15) is 0 Å². The van der Waals surface area contributed by atoms with Gasteiger partial charge < -0.3 is 8.98 Å². The summed E-state index contributed by atoms with van der Waals surface area (Å²) in [5, 5.41) is 0.389. The average molecular weight is 276 g/mol. The molecule has 0 aliphatic carbocycles. The van der Waals surface area contributed by atoms with E-state index in [1.807, 2.05) is 17.6 Å². The maximum absolute atomic E-state index is 5.70. The van der Waals surface area contributed by atoms with Crippen LogP contribution in [0.15, 0.2) is 27.5 Å². The first-order valence-electron chi connectivity index (χ1n) is 4.19. The standard InChI is InChI=1S/C9H8BrClN2O/c1-2-13-6(5-12-9(13)10)7-3-4-8(11)14-7/h3-5H,2H2,1H3. The molecule has 0 saturated heterocycles. The quantitative estimate of drug-likeness (QED) is 0.839. The summed E-state index contributed by atoms with van der Waals surface area (Å²) in [5.41, 5.74) is 0.922. The minimum atomic E-state index is 0.389. The van der Waals surface area contributed by atoms with Gasteiger partial charge in [0.2, 0.25) is 0 Å². The maximum atomic E-state index is 5.70. The van der Waals surface area contributed by atoms with Crippen molar-refractivity contribution in [3.63, 3.8) is 0 Å². The van der Waals surface area contributed by atoms with Crippen LogP contribution >= 0.6 is 27.5 Å². The van der Waals surface area contributed by atoms with Gasteiger partial charge in [-0.2, -0.15) is 0 Å². The zero-order valence-electron chi connectivity index (χ0n) is 7.50. The van der Waals surface area contributed by atoms with Gasteiger partial charge in [0.15, 0.2) is 15.7 Å². The molecular formula is C9H8BrClN2O. The fourth-order valence-electron chi connectivity index (χ4n) is 1.30. The number of imidazole rings is 1. The molecule has 0 fully saturated rings. The van der Waals surface area contributed by atoms with Crippen molar-refractivity contribution in [3.8, 4) is 11.5 Å². The van der Waals surface area contributed by atoms with Crippen molar-refractivity contribution in [3.05, 3.63) is 28.3 Å². The van der Waals surface area contributed by atoms with Crippen molar-refractivity contribution >= 4 is 27.5 Å². The second-order valence-corrected chi connectivity index (χ2v) is 3.84. The summed E-state index contributed by atoms with van der Waals surface area (Å²) in [6, 6.07) is 3.55. The van der Waals surface area contributed by atoms with E-state index in [1.54, 1.807) is 12.3 Å². The Labute approximate surface area is 94.8 Å². The third kappa shape index (κ3) is 1.60. The minimum absolute atomic E-state index is 0.389. The third-order valence-corrected chi connectivity index (χ3v) is 2.78. The molecular weight excluding hydrogens is 267 g/mol. The molecule has 2 aromatic heterocycles. The fraction of sp³-hybridized carbons (Fsp3) is 0.222. The van der Waals surface area contributed by atoms with Gasteiger partial charge in [0.05, 0.1) is 6.20 Å². The van der Waals surface area contributed by atoms with Crippen molar-refractivity contribution < 1.29 is 4.42 Å². The number of rotatable bonds is 2. The van der Waals surface area contributed by atoms with Crippen molar-refractivity contribution in [2.24, 2.45) is 0 Å². The first kappa shape index (κ1) is 9.80. The molecule has 2 aromatic rings. The number of hydrogen-bond donors (Lipinski definition) is 0. The zero-order chi connectivity index (χ0) is 10.1. The fourth-order valence-corrected chi connectivity index (χ4v) is 1.99. The summed E-state index contributed by atoms with van der Waals surface area (Å²) in [7, 11) is 0. The first-order chi connectivity index (χ1) is 6.72. The van der Waals surface area contributed by atoms with Gasteiger partial charge in [-0.3, -0.25) is 0 Å². The highest BCUT2D eigenvalue weighted by atomic mass is 79.9. The summed E-state index contributed by atoms with van der Waals surface area (Å²) in [6.45, 7) is 2.87. The van der Waals surface area contributed by atoms with Crippen LogP contribution in [0.2, 0.25) is 5.22 Å². The van der Waals surface area contributed by atoms with Gasteiger partial charge in [0.1, 0.15) is 5.69 Å². The molecule has 0 atom stereocenters. The number of hydrogen-bond acceptors (Lipinski definition) is 2. The molecule has 0 spiro atoms. The molecule has 0 saturated carbocycles. The smallest absolute Gasteiger partial charge is 0.194 e. The number of halogens is 2. The molecule has 0 radical (unpaired) electrons. The van der Waals surface area contributed by atoms with Crippen LogP contribution in [0.4, 0.5) is 0 Å². The highest BCUT2D eigenvalue weighted by Gasteiger charge is 2.11. The van der Waals surface area contributed by atoms with Gasteiger partial charge in [-0.25, -0.2) is 4.98 Å². The van der Waals surface area contributed by atoms with Crippen LogP contribution in [0.1, 0.15) is 6.92 Å². The largest absolute Gasteiger partial charge is 0.443 e. The summed E-state index contributed by atoms with van der Waals surface area (Å²) < 4.78 is 8.10. The van der Waals surface area contributed by atoms with Crippen LogP contribution in [0, 0.1) is 0 Å². The van der Waals surface area contributed by atoms with Crippen molar-refractivity contribution in [1.82, 2.24) is 9.55 Å². The lowest BCUT2D eigenvalue weighted by molar-refractivity contribution is 0.575. The molecule has 74 valence electrons. The van der Waals surface area contributed by atoms with Gasteiger partial charge in [-0.15, -0.1) is 0 Å². The Balaban J connectivity index is 2.51. The van der Waals surface area contributed by atoms with Crippen LogP contribution in [-0.4, -0.2) is 9.55 Å². The minimum Gasteiger partial charge on any atom is -0.443 e. The van der Waals surface area contributed by atoms with Crippen LogP contribution < -0.4 is 0 Å². The molecule has 0 N–H and O–H groups in total. The van der Waals surface area contributed by atoms with Crippen LogP contribution in [-0.2, 0) is 6.54 Å². The van der Waals surface area contributed by atoms with E-state index < -0.39 is 0 Å². The average Bonchev–Trinajstić information content (AvgIpc) is 2.71. The molecule has 0 bridgehead atoms. The van der Waals surface area contributed by atoms with Gasteiger partial charge in [-0.1, -0.05) is 0 Å². The maximum Gasteiger partial charge on any atom is 0.194 e. The molecule has 5 heteroatoms. The van der Waals surface area contributed by atoms with Crippen LogP contribution in [0.3, 0.4) is 0 Å². The Morgan fingerprint density at radius 2 is 2.36 bits per heavy atom. The number of aromatic nitrogens is 2. The normalized spacial score (nSPS) is 10.8. The van der Waals surface area contributed by atoms with E-state index in [2.05, 4.69) is 20.9 Å². The van der Waals surface area contributed by atoms with E-state index in [0.29, 0.717) is 5.22 Å². The van der Waals surface area contributed by atoms with E-state index >= 15 is 0 Å². The van der Waals surface area contributed by atoms with Gasteiger partial charge in [0.25, 0.3) is 0 Å². The van der Waals surface area contributed by atoms with E-state index in [0.717, 1.165) is 22.7 Å². The van der Waals surface area contributed by atoms with Crippen LogP contribution in [0.25, 0.3) is 11.5 Å². The first-order valence-corrected chi connectivity index (χ1v) is 5.36. The predicted molar refractivity (Wildman–Crippen MR) is 58.3 cm³/mol. The van der Waals surface area contributed by atoms with Crippen molar-refractivity contribution in [2.45, 2.75) is 13.5 Å². The molecule has 0 aliphatic rings. The zero-order valence-corrected chi connectivity index (χ0v) is 9.84. The highest BCUT2D eigenvalue weighted by Crippen LogP contribution is 2.26. The summed E-state index contributed by atoms with van der Waals surface area (Å²) in [6.07, 6.45) is 1.75. The van der Waals surface area contributed by atoms with E-state index in [4.69, 9.17) is 16.0 Å². The van der Waals surface area contributed by atoms with E-state index in [-0.39, 0.29) is 0 Å². The Morgan fingerprint density at radius 1 is 1.57 bits per heavy atom. The summed E-state index contributed by atoms with van der Waals surface area (Å²) in [4.78, 5) is 4.15. The topological polar surface area (TPSA) is 31.0 Å². The SMILES string of the molecule is CCn1c(-c2ccc(Cl)o2)cnc1Br. The predicted octanol–water partition coefficient (Wildman–Crippen LogP) is 3.58. The third-order valence-electron chi connectivity index (χ3n) is 1.95. The second kappa shape index (κ2) is 3.79. The van der Waals surface area contributed by atoms with Gasteiger partial charge in [0, 0.05) is 6.54 Å². The molecule has 0 aliphatic heterocycles. The molecule has 0 unspecified atom stereocenters. The Hall–Kier alpha value is -0.740. The van der Waals surface area contributed by atoms with Gasteiger partial charge >= 0.3 is 0 Å². The molecule has 3 nitrogen and oxygen atoms in total. The second-order valence-electron chi connectivity index (χ2n) is 2.76. The molecule has 2 heterocycles. The van der Waals surface area contributed by atoms with E-state index in [1.165, 1.54) is 0 Å². The van der Waals surface area contributed by atoms with Crippen molar-refractivity contribution in [1.29, 1.82) is 0 Å². The molecule has 14 heavy (non-hydrogen) atoms. The number of furan rings is 1. The van der Waals surface area contributed by atoms with Gasteiger partial charge in [-0.05, 0) is 46.6 Å². The lowest BCUT2D eigenvalue weighted by Gasteiger charge is -2.02. The number of nitrogens with zero attached hydrogens (tertiary/aromatic N) is 2. The summed E-state index contributed by atoms with van der Waals surface area (Å²) in [5.74, 6) is 0.732.